The highest BCUT2D eigenvalue weighted by Crippen LogP contribution is 2.34. The first kappa shape index (κ1) is 17.7. The molecule has 0 radical (unpaired) electrons. The van der Waals surface area contributed by atoms with Crippen molar-refractivity contribution in [1.82, 2.24) is 9.47 Å². The van der Waals surface area contributed by atoms with E-state index in [4.69, 9.17) is 4.74 Å². The summed E-state index contributed by atoms with van der Waals surface area (Å²) in [5.41, 5.74) is 2.31. The van der Waals surface area contributed by atoms with Crippen LogP contribution in [0.15, 0.2) is 53.0 Å². The number of nitrogens with zero attached hydrogens (tertiary/aromatic N) is 2. The molecule has 0 aliphatic carbocycles. The van der Waals surface area contributed by atoms with Crippen molar-refractivity contribution in [3.63, 3.8) is 0 Å². The number of rotatable bonds is 5. The summed E-state index contributed by atoms with van der Waals surface area (Å²) < 4.78 is 8.55. The normalized spacial score (nSPS) is 11.2. The van der Waals surface area contributed by atoms with E-state index in [9.17, 15) is 4.79 Å². The molecule has 2 aromatic carbocycles. The fourth-order valence-corrected chi connectivity index (χ4v) is 3.32. The lowest BCUT2D eigenvalue weighted by molar-refractivity contribution is 0.0961. The van der Waals surface area contributed by atoms with Crippen LogP contribution in [0.3, 0.4) is 0 Å². The molecule has 3 rings (SSSR count). The van der Waals surface area contributed by atoms with E-state index in [2.05, 4.69) is 20.8 Å². The zero-order valence-electron chi connectivity index (χ0n) is 14.6. The molecule has 0 aliphatic rings. The monoisotopic (exact) mass is 400 g/mol. The van der Waals surface area contributed by atoms with Crippen molar-refractivity contribution in [3.8, 4) is 5.75 Å². The van der Waals surface area contributed by atoms with Gasteiger partial charge in [0, 0.05) is 16.4 Å². The van der Waals surface area contributed by atoms with Crippen LogP contribution in [-0.4, -0.2) is 42.6 Å². The first-order chi connectivity index (χ1) is 12.0. The lowest BCUT2D eigenvalue weighted by Crippen LogP contribution is -2.19. The minimum absolute atomic E-state index is 0.0661. The maximum atomic E-state index is 13.2. The molecule has 0 saturated heterocycles. The van der Waals surface area contributed by atoms with E-state index in [1.807, 2.05) is 69.6 Å². The van der Waals surface area contributed by atoms with E-state index in [1.165, 1.54) is 0 Å². The van der Waals surface area contributed by atoms with Gasteiger partial charge in [-0.15, -0.1) is 0 Å². The van der Waals surface area contributed by atoms with E-state index < -0.39 is 0 Å². The van der Waals surface area contributed by atoms with Gasteiger partial charge in [0.1, 0.15) is 12.4 Å². The Hall–Kier alpha value is -2.11. The molecule has 5 heteroatoms. The Morgan fingerprint density at radius 3 is 2.52 bits per heavy atom. The van der Waals surface area contributed by atoms with Gasteiger partial charge in [-0.05, 0) is 61.2 Å². The second kappa shape index (κ2) is 7.42. The van der Waals surface area contributed by atoms with Gasteiger partial charge < -0.3 is 9.64 Å². The maximum Gasteiger partial charge on any atom is 0.263 e. The lowest BCUT2D eigenvalue weighted by atomic mass is 10.2. The quantitative estimate of drug-likeness (QED) is 0.638. The molecule has 0 fully saturated rings. The summed E-state index contributed by atoms with van der Waals surface area (Å²) in [6.45, 7) is 3.32. The van der Waals surface area contributed by atoms with Crippen LogP contribution in [0.2, 0.25) is 0 Å². The third-order valence-electron chi connectivity index (χ3n) is 4.15. The van der Waals surface area contributed by atoms with Gasteiger partial charge in [0.25, 0.3) is 5.91 Å². The molecule has 130 valence electrons. The number of likely N-dealkylation sites (N-methyl/N-ethyl adjacent to an activating group) is 1. The van der Waals surface area contributed by atoms with Gasteiger partial charge in [0.05, 0.1) is 16.8 Å². The Morgan fingerprint density at radius 1 is 1.12 bits per heavy atom. The maximum absolute atomic E-state index is 13.2. The van der Waals surface area contributed by atoms with Gasteiger partial charge in [-0.1, -0.05) is 24.3 Å². The minimum Gasteiger partial charge on any atom is -0.490 e. The average molecular weight is 401 g/mol. The molecule has 25 heavy (non-hydrogen) atoms. The molecule has 4 nitrogen and oxygen atoms in total. The number of carbonyl (C=O) groups excluding carboxylic acids is 1. The van der Waals surface area contributed by atoms with Crippen LogP contribution in [0, 0.1) is 6.92 Å². The third-order valence-corrected chi connectivity index (χ3v) is 4.84. The number of halogens is 1. The fourth-order valence-electron chi connectivity index (χ4n) is 2.87. The number of hydrogen-bond donors (Lipinski definition) is 0. The summed E-state index contributed by atoms with van der Waals surface area (Å²) in [6.07, 6.45) is 0. The van der Waals surface area contributed by atoms with Crippen molar-refractivity contribution in [1.29, 1.82) is 0 Å². The van der Waals surface area contributed by atoms with Crippen molar-refractivity contribution in [2.75, 3.05) is 27.2 Å². The number of aromatic nitrogens is 1. The molecule has 0 spiro atoms. The van der Waals surface area contributed by atoms with E-state index >= 15 is 0 Å². The smallest absolute Gasteiger partial charge is 0.263 e. The van der Waals surface area contributed by atoms with Gasteiger partial charge >= 0.3 is 0 Å². The van der Waals surface area contributed by atoms with E-state index in [0.29, 0.717) is 12.2 Å². The second-order valence-electron chi connectivity index (χ2n) is 6.20. The molecule has 0 amide bonds. The molecule has 0 unspecified atom stereocenters. The van der Waals surface area contributed by atoms with Gasteiger partial charge in [-0.25, -0.2) is 0 Å². The van der Waals surface area contributed by atoms with Gasteiger partial charge in [-0.2, -0.15) is 0 Å². The molecular formula is C20H21BrN2O2. The average Bonchev–Trinajstić information content (AvgIpc) is 2.87. The number of fused-ring (bicyclic) bond motifs is 1. The SMILES string of the molecule is Cc1c(OCCN(C)C)c2ccccc2n1C(=O)c1ccccc1Br. The molecule has 0 atom stereocenters. The number of hydrogen-bond acceptors (Lipinski definition) is 3. The van der Waals surface area contributed by atoms with Crippen LogP contribution in [0.25, 0.3) is 10.9 Å². The lowest BCUT2D eigenvalue weighted by Gasteiger charge is -2.12. The Kier molecular flexibility index (Phi) is 5.25. The first-order valence-corrected chi connectivity index (χ1v) is 8.97. The number of carbonyl (C=O) groups is 1. The van der Waals surface area contributed by atoms with E-state index in [0.717, 1.165) is 33.4 Å². The van der Waals surface area contributed by atoms with Crippen LogP contribution >= 0.6 is 15.9 Å². The summed E-state index contributed by atoms with van der Waals surface area (Å²) in [5, 5.41) is 0.958. The summed E-state index contributed by atoms with van der Waals surface area (Å²) in [4.78, 5) is 15.2. The van der Waals surface area contributed by atoms with Crippen molar-refractivity contribution in [2.45, 2.75) is 6.92 Å². The Bertz CT molecular complexity index is 915. The molecule has 1 aromatic heterocycles. The van der Waals surface area contributed by atoms with Gasteiger partial charge in [0.15, 0.2) is 0 Å². The van der Waals surface area contributed by atoms with Crippen LogP contribution in [0.4, 0.5) is 0 Å². The van der Waals surface area contributed by atoms with Crippen LogP contribution in [0.5, 0.6) is 5.75 Å². The molecule has 1 heterocycles. The molecule has 0 saturated carbocycles. The predicted molar refractivity (Wildman–Crippen MR) is 105 cm³/mol. The van der Waals surface area contributed by atoms with Crippen molar-refractivity contribution >= 4 is 32.7 Å². The van der Waals surface area contributed by atoms with Gasteiger partial charge in [-0.3, -0.25) is 9.36 Å². The molecule has 0 aliphatic heterocycles. The Balaban J connectivity index is 2.08. The molecular weight excluding hydrogens is 380 g/mol. The second-order valence-corrected chi connectivity index (χ2v) is 7.06. The van der Waals surface area contributed by atoms with Crippen LogP contribution < -0.4 is 4.74 Å². The highest BCUT2D eigenvalue weighted by atomic mass is 79.9. The largest absolute Gasteiger partial charge is 0.490 e. The van der Waals surface area contributed by atoms with Crippen LogP contribution in [-0.2, 0) is 0 Å². The Labute approximate surface area is 156 Å². The standard InChI is InChI=1S/C20H21BrN2O2/c1-14-19(25-13-12-22(2)3)16-9-5-7-11-18(16)23(14)20(24)15-8-4-6-10-17(15)21/h4-11H,12-13H2,1-3H3. The van der Waals surface area contributed by atoms with E-state index in [1.54, 1.807) is 4.57 Å². The molecule has 0 N–H and O–H groups in total. The number of benzene rings is 2. The zero-order chi connectivity index (χ0) is 18.0. The van der Waals surface area contributed by atoms with Crippen molar-refractivity contribution in [2.24, 2.45) is 0 Å². The first-order valence-electron chi connectivity index (χ1n) is 8.17. The summed E-state index contributed by atoms with van der Waals surface area (Å²) >= 11 is 3.48. The van der Waals surface area contributed by atoms with Crippen molar-refractivity contribution < 1.29 is 9.53 Å². The highest BCUT2D eigenvalue weighted by molar-refractivity contribution is 9.10. The van der Waals surface area contributed by atoms with Crippen LogP contribution in [0.1, 0.15) is 16.1 Å². The molecule has 0 bridgehead atoms. The fraction of sp³-hybridized carbons (Fsp3) is 0.250. The predicted octanol–water partition coefficient (Wildman–Crippen LogP) is 4.34. The zero-order valence-corrected chi connectivity index (χ0v) is 16.2. The third kappa shape index (κ3) is 3.48. The number of para-hydroxylation sites is 1. The summed E-state index contributed by atoms with van der Waals surface area (Å²) in [7, 11) is 4.02. The topological polar surface area (TPSA) is 34.5 Å². The number of ether oxygens (including phenoxy) is 1. The minimum atomic E-state index is -0.0661. The Morgan fingerprint density at radius 2 is 1.80 bits per heavy atom. The van der Waals surface area contributed by atoms with Gasteiger partial charge in [0.2, 0.25) is 0 Å². The highest BCUT2D eigenvalue weighted by Gasteiger charge is 2.21. The summed E-state index contributed by atoms with van der Waals surface area (Å²) in [6, 6.07) is 15.3. The van der Waals surface area contributed by atoms with E-state index in [-0.39, 0.29) is 5.91 Å². The van der Waals surface area contributed by atoms with Crippen molar-refractivity contribution in [3.05, 3.63) is 64.3 Å². The summed E-state index contributed by atoms with van der Waals surface area (Å²) in [5.74, 6) is 0.710. The molecule has 3 aromatic rings.